The van der Waals surface area contributed by atoms with E-state index in [1.54, 1.807) is 12.1 Å². The molecule has 0 radical (unpaired) electrons. The van der Waals surface area contributed by atoms with Crippen LogP contribution in [0.4, 0.5) is 11.5 Å². The molecule has 1 unspecified atom stereocenters. The molecule has 5 heteroatoms. The zero-order chi connectivity index (χ0) is 16.1. The van der Waals surface area contributed by atoms with Crippen LogP contribution in [0.15, 0.2) is 30.3 Å². The van der Waals surface area contributed by atoms with E-state index in [4.69, 9.17) is 0 Å². The van der Waals surface area contributed by atoms with Crippen molar-refractivity contribution in [2.24, 2.45) is 0 Å². The van der Waals surface area contributed by atoms with Crippen LogP contribution in [0.2, 0.25) is 0 Å². The van der Waals surface area contributed by atoms with Crippen LogP contribution in [0.5, 0.6) is 0 Å². The van der Waals surface area contributed by atoms with Crippen LogP contribution in [0.3, 0.4) is 0 Å². The largest absolute Gasteiger partial charge is 0.366 e. The van der Waals surface area contributed by atoms with Gasteiger partial charge in [-0.15, -0.1) is 10.2 Å². The first kappa shape index (κ1) is 15.9. The first-order valence-corrected chi connectivity index (χ1v) is 7.48. The smallest absolute Gasteiger partial charge is 0.276 e. The minimum Gasteiger partial charge on any atom is -0.366 e. The molecular weight excluding hydrogens is 276 g/mol. The van der Waals surface area contributed by atoms with Gasteiger partial charge in [0.1, 0.15) is 5.82 Å². The lowest BCUT2D eigenvalue weighted by Gasteiger charge is -2.11. The Morgan fingerprint density at radius 2 is 1.91 bits per heavy atom. The summed E-state index contributed by atoms with van der Waals surface area (Å²) in [6.45, 7) is 8.22. The van der Waals surface area contributed by atoms with Gasteiger partial charge in [-0.25, -0.2) is 0 Å². The van der Waals surface area contributed by atoms with E-state index >= 15 is 0 Å². The molecule has 0 spiro atoms. The molecule has 0 saturated carbocycles. The minimum atomic E-state index is -0.258. The molecule has 0 aliphatic heterocycles. The summed E-state index contributed by atoms with van der Waals surface area (Å²) in [5.41, 5.74) is 3.39. The van der Waals surface area contributed by atoms with Crippen molar-refractivity contribution >= 4 is 17.4 Å². The van der Waals surface area contributed by atoms with Gasteiger partial charge in [0.15, 0.2) is 5.69 Å². The number of rotatable bonds is 5. The number of benzene rings is 1. The Morgan fingerprint density at radius 1 is 1.14 bits per heavy atom. The summed E-state index contributed by atoms with van der Waals surface area (Å²) in [5, 5.41) is 14.1. The summed E-state index contributed by atoms with van der Waals surface area (Å²) in [7, 11) is 0. The number of aryl methyl sites for hydroxylation is 2. The van der Waals surface area contributed by atoms with Gasteiger partial charge in [0.2, 0.25) is 0 Å². The first-order valence-electron chi connectivity index (χ1n) is 7.48. The van der Waals surface area contributed by atoms with Crippen molar-refractivity contribution < 1.29 is 4.79 Å². The fourth-order valence-electron chi connectivity index (χ4n) is 1.90. The van der Waals surface area contributed by atoms with Gasteiger partial charge in [0.25, 0.3) is 5.91 Å². The van der Waals surface area contributed by atoms with E-state index in [9.17, 15) is 4.79 Å². The minimum absolute atomic E-state index is 0.258. The molecule has 22 heavy (non-hydrogen) atoms. The maximum absolute atomic E-state index is 12.2. The maximum Gasteiger partial charge on any atom is 0.276 e. The standard InChI is InChI=1S/C17H22N4O/c1-5-13(4)18-16-9-8-15(20-21-16)17(22)19-14-7-6-11(2)12(3)10-14/h6-10,13H,5H2,1-4H3,(H,18,21)(H,19,22). The highest BCUT2D eigenvalue weighted by Crippen LogP contribution is 2.15. The normalized spacial score (nSPS) is 11.8. The van der Waals surface area contributed by atoms with Crippen molar-refractivity contribution in [3.05, 3.63) is 47.2 Å². The second-order valence-corrected chi connectivity index (χ2v) is 5.51. The van der Waals surface area contributed by atoms with E-state index in [2.05, 4.69) is 34.7 Å². The van der Waals surface area contributed by atoms with Gasteiger partial charge in [-0.2, -0.15) is 0 Å². The summed E-state index contributed by atoms with van der Waals surface area (Å²) < 4.78 is 0. The van der Waals surface area contributed by atoms with Gasteiger partial charge < -0.3 is 10.6 Å². The van der Waals surface area contributed by atoms with Crippen LogP contribution in [0.1, 0.15) is 41.9 Å². The molecule has 1 aromatic carbocycles. The molecule has 116 valence electrons. The van der Waals surface area contributed by atoms with Gasteiger partial charge in [0, 0.05) is 11.7 Å². The Hall–Kier alpha value is -2.43. The molecule has 2 aromatic rings. The Balaban J connectivity index is 2.04. The van der Waals surface area contributed by atoms with E-state index in [1.165, 1.54) is 5.56 Å². The number of carbonyl (C=O) groups is 1. The molecule has 0 aliphatic rings. The number of anilines is 2. The molecular formula is C17H22N4O. The summed E-state index contributed by atoms with van der Waals surface area (Å²) >= 11 is 0. The van der Waals surface area contributed by atoms with Gasteiger partial charge in [0.05, 0.1) is 0 Å². The van der Waals surface area contributed by atoms with Gasteiger partial charge in [-0.1, -0.05) is 13.0 Å². The first-order chi connectivity index (χ1) is 10.5. The Morgan fingerprint density at radius 3 is 2.50 bits per heavy atom. The van der Waals surface area contributed by atoms with Crippen LogP contribution in [-0.4, -0.2) is 22.1 Å². The topological polar surface area (TPSA) is 66.9 Å². The second kappa shape index (κ2) is 7.02. The van der Waals surface area contributed by atoms with Crippen molar-refractivity contribution in [2.75, 3.05) is 10.6 Å². The molecule has 2 N–H and O–H groups in total. The summed E-state index contributed by atoms with van der Waals surface area (Å²) in [4.78, 5) is 12.2. The SMILES string of the molecule is CCC(C)Nc1ccc(C(=O)Nc2ccc(C)c(C)c2)nn1. The summed E-state index contributed by atoms with van der Waals surface area (Å²) in [6.07, 6.45) is 0.997. The van der Waals surface area contributed by atoms with Crippen LogP contribution < -0.4 is 10.6 Å². The third-order valence-electron chi connectivity index (χ3n) is 3.67. The molecule has 1 atom stereocenters. The van der Waals surface area contributed by atoms with E-state index in [0.717, 1.165) is 17.7 Å². The zero-order valence-corrected chi connectivity index (χ0v) is 13.5. The lowest BCUT2D eigenvalue weighted by atomic mass is 10.1. The van der Waals surface area contributed by atoms with Crippen LogP contribution >= 0.6 is 0 Å². The van der Waals surface area contributed by atoms with E-state index in [-0.39, 0.29) is 5.91 Å². The molecule has 2 rings (SSSR count). The third-order valence-corrected chi connectivity index (χ3v) is 3.67. The van der Waals surface area contributed by atoms with Crippen molar-refractivity contribution in [1.82, 2.24) is 10.2 Å². The number of hydrogen-bond acceptors (Lipinski definition) is 4. The lowest BCUT2D eigenvalue weighted by molar-refractivity contribution is 0.102. The van der Waals surface area contributed by atoms with Crippen LogP contribution in [0.25, 0.3) is 0 Å². The molecule has 0 aliphatic carbocycles. The maximum atomic E-state index is 12.2. The average molecular weight is 298 g/mol. The van der Waals surface area contributed by atoms with Crippen LogP contribution in [0, 0.1) is 13.8 Å². The third kappa shape index (κ3) is 4.04. The van der Waals surface area contributed by atoms with Crippen molar-refractivity contribution in [3.63, 3.8) is 0 Å². The predicted octanol–water partition coefficient (Wildman–Crippen LogP) is 3.56. The number of aromatic nitrogens is 2. The van der Waals surface area contributed by atoms with E-state index < -0.39 is 0 Å². The van der Waals surface area contributed by atoms with Gasteiger partial charge in [-0.3, -0.25) is 4.79 Å². The van der Waals surface area contributed by atoms with E-state index in [1.807, 2.05) is 32.0 Å². The number of carbonyl (C=O) groups excluding carboxylic acids is 1. The fourth-order valence-corrected chi connectivity index (χ4v) is 1.90. The fraction of sp³-hybridized carbons (Fsp3) is 0.353. The monoisotopic (exact) mass is 298 g/mol. The summed E-state index contributed by atoms with van der Waals surface area (Å²) in [5.74, 6) is 0.419. The highest BCUT2D eigenvalue weighted by Gasteiger charge is 2.09. The Labute approximate surface area is 131 Å². The van der Waals surface area contributed by atoms with Gasteiger partial charge >= 0.3 is 0 Å². The molecule has 1 amide bonds. The molecule has 1 aromatic heterocycles. The Kier molecular flexibility index (Phi) is 5.09. The van der Waals surface area contributed by atoms with Crippen molar-refractivity contribution in [1.29, 1.82) is 0 Å². The van der Waals surface area contributed by atoms with Crippen LogP contribution in [-0.2, 0) is 0 Å². The molecule has 0 fully saturated rings. The number of nitrogens with one attached hydrogen (secondary N) is 2. The zero-order valence-electron chi connectivity index (χ0n) is 13.5. The average Bonchev–Trinajstić information content (AvgIpc) is 2.51. The number of nitrogens with zero attached hydrogens (tertiary/aromatic N) is 2. The highest BCUT2D eigenvalue weighted by atomic mass is 16.1. The van der Waals surface area contributed by atoms with E-state index in [0.29, 0.717) is 17.6 Å². The molecule has 5 nitrogen and oxygen atoms in total. The summed E-state index contributed by atoms with van der Waals surface area (Å²) in [6, 6.07) is 9.58. The lowest BCUT2D eigenvalue weighted by Crippen LogP contribution is -2.17. The van der Waals surface area contributed by atoms with Crippen molar-refractivity contribution in [2.45, 2.75) is 40.2 Å². The van der Waals surface area contributed by atoms with Gasteiger partial charge in [-0.05, 0) is 62.6 Å². The number of hydrogen-bond donors (Lipinski definition) is 2. The molecule has 0 saturated heterocycles. The predicted molar refractivity (Wildman–Crippen MR) is 89.3 cm³/mol. The quantitative estimate of drug-likeness (QED) is 0.885. The second-order valence-electron chi connectivity index (χ2n) is 5.51. The Bertz CT molecular complexity index is 652. The molecule has 1 heterocycles. The molecule has 0 bridgehead atoms. The number of amides is 1. The van der Waals surface area contributed by atoms with Crippen molar-refractivity contribution in [3.8, 4) is 0 Å². The highest BCUT2D eigenvalue weighted by molar-refractivity contribution is 6.02.